The second kappa shape index (κ2) is 7.52. The molecule has 0 unspecified atom stereocenters. The molecule has 2 amide bonds. The first kappa shape index (κ1) is 17.9. The standard InChI is InChI=1S/C19H28N4O2/c1-15(18(25)20-2)22-10-7-19(8-11-22)6-5-17(24)23(14-19)13-16-4-3-9-21-12-16/h3-4,9,12,15H,5-8,10-11,13-14H2,1-2H3,(H,20,25)/t15-/m1/s1. The smallest absolute Gasteiger partial charge is 0.236 e. The third-order valence-electron chi connectivity index (χ3n) is 5.88. The van der Waals surface area contributed by atoms with Crippen molar-refractivity contribution in [1.82, 2.24) is 20.1 Å². The highest BCUT2D eigenvalue weighted by Crippen LogP contribution is 2.40. The summed E-state index contributed by atoms with van der Waals surface area (Å²) in [5.41, 5.74) is 1.29. The van der Waals surface area contributed by atoms with Gasteiger partial charge in [0.15, 0.2) is 0 Å². The Kier molecular flexibility index (Phi) is 5.37. The van der Waals surface area contributed by atoms with Gasteiger partial charge >= 0.3 is 0 Å². The summed E-state index contributed by atoms with van der Waals surface area (Å²) in [6.07, 6.45) is 7.29. The van der Waals surface area contributed by atoms with Crippen LogP contribution in [0.3, 0.4) is 0 Å². The lowest BCUT2D eigenvalue weighted by Gasteiger charge is -2.48. The summed E-state index contributed by atoms with van der Waals surface area (Å²) in [6, 6.07) is 3.85. The molecule has 1 aromatic heterocycles. The second-order valence-corrected chi connectivity index (χ2v) is 7.44. The van der Waals surface area contributed by atoms with Crippen LogP contribution in [-0.2, 0) is 16.1 Å². The van der Waals surface area contributed by atoms with Gasteiger partial charge in [0.05, 0.1) is 6.04 Å². The maximum absolute atomic E-state index is 12.4. The van der Waals surface area contributed by atoms with Gasteiger partial charge < -0.3 is 10.2 Å². The van der Waals surface area contributed by atoms with E-state index in [1.54, 1.807) is 13.2 Å². The summed E-state index contributed by atoms with van der Waals surface area (Å²) in [5, 5.41) is 2.73. The van der Waals surface area contributed by atoms with Crippen molar-refractivity contribution in [2.45, 2.75) is 45.2 Å². The van der Waals surface area contributed by atoms with Crippen molar-refractivity contribution < 1.29 is 9.59 Å². The van der Waals surface area contributed by atoms with E-state index in [1.807, 2.05) is 30.2 Å². The van der Waals surface area contributed by atoms with Crippen molar-refractivity contribution >= 4 is 11.8 Å². The molecule has 1 atom stereocenters. The van der Waals surface area contributed by atoms with E-state index in [-0.39, 0.29) is 23.3 Å². The predicted octanol–water partition coefficient (Wildman–Crippen LogP) is 1.42. The van der Waals surface area contributed by atoms with Gasteiger partial charge in [-0.1, -0.05) is 6.07 Å². The molecule has 2 aliphatic heterocycles. The number of pyridine rings is 1. The van der Waals surface area contributed by atoms with Gasteiger partial charge in [0.2, 0.25) is 11.8 Å². The Balaban J connectivity index is 1.61. The average molecular weight is 344 g/mol. The number of carbonyl (C=O) groups excluding carboxylic acids is 2. The summed E-state index contributed by atoms with van der Waals surface area (Å²) < 4.78 is 0. The van der Waals surface area contributed by atoms with Gasteiger partial charge in [-0.2, -0.15) is 0 Å². The first-order valence-corrected chi connectivity index (χ1v) is 9.15. The third kappa shape index (κ3) is 4.00. The van der Waals surface area contributed by atoms with E-state index in [0.717, 1.165) is 44.5 Å². The maximum atomic E-state index is 12.4. The van der Waals surface area contributed by atoms with Gasteiger partial charge in [-0.3, -0.25) is 19.5 Å². The SMILES string of the molecule is CNC(=O)[C@@H](C)N1CCC2(CCC(=O)N(Cc3cccnc3)C2)CC1. The van der Waals surface area contributed by atoms with Crippen molar-refractivity contribution in [3.63, 3.8) is 0 Å². The molecule has 0 aliphatic carbocycles. The average Bonchev–Trinajstić information content (AvgIpc) is 2.65. The highest BCUT2D eigenvalue weighted by Gasteiger charge is 2.42. The van der Waals surface area contributed by atoms with Crippen LogP contribution in [0.2, 0.25) is 0 Å². The van der Waals surface area contributed by atoms with Gasteiger partial charge in [0.1, 0.15) is 0 Å². The van der Waals surface area contributed by atoms with Crippen LogP contribution < -0.4 is 5.32 Å². The highest BCUT2D eigenvalue weighted by atomic mass is 16.2. The normalized spacial score (nSPS) is 22.0. The number of rotatable bonds is 4. The monoisotopic (exact) mass is 344 g/mol. The Morgan fingerprint density at radius 1 is 1.36 bits per heavy atom. The Labute approximate surface area is 149 Å². The van der Waals surface area contributed by atoms with Gasteiger partial charge in [-0.25, -0.2) is 0 Å². The number of hydrogen-bond acceptors (Lipinski definition) is 4. The van der Waals surface area contributed by atoms with Crippen LogP contribution in [0.1, 0.15) is 38.2 Å². The fourth-order valence-electron chi connectivity index (χ4n) is 4.13. The Morgan fingerprint density at radius 3 is 2.76 bits per heavy atom. The molecular weight excluding hydrogens is 316 g/mol. The van der Waals surface area contributed by atoms with Crippen LogP contribution in [0.5, 0.6) is 0 Å². The van der Waals surface area contributed by atoms with Crippen LogP contribution >= 0.6 is 0 Å². The van der Waals surface area contributed by atoms with E-state index in [0.29, 0.717) is 13.0 Å². The first-order chi connectivity index (χ1) is 12.0. The van der Waals surface area contributed by atoms with E-state index in [1.165, 1.54) is 0 Å². The lowest BCUT2D eigenvalue weighted by Crippen LogP contribution is -2.54. The number of amides is 2. The lowest BCUT2D eigenvalue weighted by atomic mass is 9.72. The second-order valence-electron chi connectivity index (χ2n) is 7.44. The zero-order valence-corrected chi connectivity index (χ0v) is 15.2. The number of piperidine rings is 2. The van der Waals surface area contributed by atoms with Crippen LogP contribution in [0, 0.1) is 5.41 Å². The predicted molar refractivity (Wildman–Crippen MR) is 95.7 cm³/mol. The molecule has 0 bridgehead atoms. The zero-order chi connectivity index (χ0) is 17.9. The van der Waals surface area contributed by atoms with Crippen molar-refractivity contribution in [2.24, 2.45) is 5.41 Å². The van der Waals surface area contributed by atoms with Crippen molar-refractivity contribution in [1.29, 1.82) is 0 Å². The van der Waals surface area contributed by atoms with Crippen molar-refractivity contribution in [3.8, 4) is 0 Å². The largest absolute Gasteiger partial charge is 0.358 e. The minimum atomic E-state index is -0.0842. The Morgan fingerprint density at radius 2 is 2.12 bits per heavy atom. The van der Waals surface area contributed by atoms with E-state index in [4.69, 9.17) is 0 Å². The molecule has 0 radical (unpaired) electrons. The molecule has 25 heavy (non-hydrogen) atoms. The van der Waals surface area contributed by atoms with Crippen molar-refractivity contribution in [3.05, 3.63) is 30.1 Å². The molecule has 1 N–H and O–H groups in total. The third-order valence-corrected chi connectivity index (χ3v) is 5.88. The molecule has 0 aromatic carbocycles. The molecular formula is C19H28N4O2. The Bertz CT molecular complexity index is 611. The van der Waals surface area contributed by atoms with Crippen LogP contribution in [0.15, 0.2) is 24.5 Å². The molecule has 2 fully saturated rings. The number of aromatic nitrogens is 1. The first-order valence-electron chi connectivity index (χ1n) is 9.15. The lowest BCUT2D eigenvalue weighted by molar-refractivity contribution is -0.140. The number of carbonyl (C=O) groups is 2. The van der Waals surface area contributed by atoms with E-state index >= 15 is 0 Å². The summed E-state index contributed by atoms with van der Waals surface area (Å²) in [5.74, 6) is 0.323. The quantitative estimate of drug-likeness (QED) is 0.897. The Hall–Kier alpha value is -1.95. The van der Waals surface area contributed by atoms with Gasteiger partial charge in [-0.05, 0) is 56.3 Å². The summed E-state index contributed by atoms with van der Waals surface area (Å²) >= 11 is 0. The fraction of sp³-hybridized carbons (Fsp3) is 0.632. The maximum Gasteiger partial charge on any atom is 0.236 e. The number of hydrogen-bond donors (Lipinski definition) is 1. The molecule has 6 heteroatoms. The van der Waals surface area contributed by atoms with Gasteiger partial charge in [-0.15, -0.1) is 0 Å². The highest BCUT2D eigenvalue weighted by molar-refractivity contribution is 5.81. The molecule has 0 saturated carbocycles. The van der Waals surface area contributed by atoms with E-state index in [9.17, 15) is 9.59 Å². The van der Waals surface area contributed by atoms with Crippen LogP contribution in [0.4, 0.5) is 0 Å². The molecule has 3 heterocycles. The molecule has 1 aromatic rings. The molecule has 2 saturated heterocycles. The van der Waals surface area contributed by atoms with Gasteiger partial charge in [0.25, 0.3) is 0 Å². The summed E-state index contributed by atoms with van der Waals surface area (Å²) in [6.45, 7) is 5.28. The van der Waals surface area contributed by atoms with Crippen molar-refractivity contribution in [2.75, 3.05) is 26.7 Å². The summed E-state index contributed by atoms with van der Waals surface area (Å²) in [4.78, 5) is 32.6. The van der Waals surface area contributed by atoms with Crippen LogP contribution in [-0.4, -0.2) is 59.3 Å². The molecule has 3 rings (SSSR count). The topological polar surface area (TPSA) is 65.5 Å². The van der Waals surface area contributed by atoms with E-state index < -0.39 is 0 Å². The minimum Gasteiger partial charge on any atom is -0.358 e. The molecule has 6 nitrogen and oxygen atoms in total. The molecule has 2 aliphatic rings. The molecule has 1 spiro atoms. The number of nitrogens with one attached hydrogen (secondary N) is 1. The number of likely N-dealkylation sites (tertiary alicyclic amines) is 2. The molecule has 136 valence electrons. The zero-order valence-electron chi connectivity index (χ0n) is 15.2. The fourth-order valence-corrected chi connectivity index (χ4v) is 4.13. The minimum absolute atomic E-state index is 0.0768. The summed E-state index contributed by atoms with van der Waals surface area (Å²) in [7, 11) is 1.69. The number of likely N-dealkylation sites (N-methyl/N-ethyl adjacent to an activating group) is 1. The van der Waals surface area contributed by atoms with Gasteiger partial charge in [0, 0.05) is 39.0 Å². The van der Waals surface area contributed by atoms with Crippen LogP contribution in [0.25, 0.3) is 0 Å². The number of nitrogens with zero attached hydrogens (tertiary/aromatic N) is 3. The van der Waals surface area contributed by atoms with E-state index in [2.05, 4.69) is 15.2 Å².